The van der Waals surface area contributed by atoms with Crippen LogP contribution in [0, 0.1) is 0 Å². The van der Waals surface area contributed by atoms with Crippen LogP contribution in [0.2, 0.25) is 0 Å². The average Bonchev–Trinajstić information content (AvgIpc) is 2.70. The Morgan fingerprint density at radius 3 is 2.26 bits per heavy atom. The van der Waals surface area contributed by atoms with Crippen LogP contribution in [0.25, 0.3) is 0 Å². The molecule has 4 nitrogen and oxygen atoms in total. The second-order valence-electron chi connectivity index (χ2n) is 4.65. The summed E-state index contributed by atoms with van der Waals surface area (Å²) in [5.41, 5.74) is 0. The van der Waals surface area contributed by atoms with Gasteiger partial charge in [0.2, 0.25) is 10.0 Å². The highest BCUT2D eigenvalue weighted by Gasteiger charge is 2.27. The van der Waals surface area contributed by atoms with Gasteiger partial charge in [-0.05, 0) is 70.7 Å². The van der Waals surface area contributed by atoms with Crippen LogP contribution in [0.1, 0.15) is 25.7 Å². The summed E-state index contributed by atoms with van der Waals surface area (Å²) >= 11 is 7.97. The van der Waals surface area contributed by atoms with Crippen LogP contribution in [0.5, 0.6) is 0 Å². The molecule has 1 heterocycles. The van der Waals surface area contributed by atoms with Crippen LogP contribution in [0.4, 0.5) is 0 Å². The highest BCUT2D eigenvalue weighted by atomic mass is 79.9. The van der Waals surface area contributed by atoms with Gasteiger partial charge in [-0.2, -0.15) is 0 Å². The zero-order valence-electron chi connectivity index (χ0n) is 10.4. The molecule has 1 saturated carbocycles. The summed E-state index contributed by atoms with van der Waals surface area (Å²) in [6, 6.07) is 2.19. The lowest BCUT2D eigenvalue weighted by Crippen LogP contribution is -2.41. The van der Waals surface area contributed by atoms with Gasteiger partial charge >= 0.3 is 0 Å². The molecule has 0 atom stereocenters. The van der Waals surface area contributed by atoms with E-state index in [9.17, 15) is 8.42 Å². The molecule has 0 radical (unpaired) electrons. The largest absolute Gasteiger partial charge is 0.317 e. The number of sulfonamides is 1. The fourth-order valence-electron chi connectivity index (χ4n) is 2.29. The number of hydrogen-bond acceptors (Lipinski definition) is 4. The number of halogens is 2. The van der Waals surface area contributed by atoms with E-state index < -0.39 is 10.0 Å². The van der Waals surface area contributed by atoms with Crippen molar-refractivity contribution < 1.29 is 8.42 Å². The Morgan fingerprint density at radius 2 is 1.79 bits per heavy atom. The standard InChI is InChI=1S/C11H16Br2N2O2S2/c1-14-7-2-4-8(5-3-7)15-19(16,17)9-6-10(12)18-11(9)13/h6-8,14-15H,2-5H2,1H3. The van der Waals surface area contributed by atoms with Gasteiger partial charge in [0.25, 0.3) is 0 Å². The molecule has 0 unspecified atom stereocenters. The lowest BCUT2D eigenvalue weighted by Gasteiger charge is -2.28. The van der Waals surface area contributed by atoms with E-state index in [1.807, 2.05) is 7.05 Å². The van der Waals surface area contributed by atoms with E-state index >= 15 is 0 Å². The first-order chi connectivity index (χ1) is 8.92. The van der Waals surface area contributed by atoms with Gasteiger partial charge in [0.15, 0.2) is 0 Å². The minimum atomic E-state index is -3.43. The van der Waals surface area contributed by atoms with Crippen molar-refractivity contribution in [2.24, 2.45) is 0 Å². The van der Waals surface area contributed by atoms with Gasteiger partial charge in [-0.15, -0.1) is 11.3 Å². The van der Waals surface area contributed by atoms with E-state index in [1.54, 1.807) is 6.07 Å². The molecule has 1 aliphatic rings. The molecule has 0 amide bonds. The summed E-state index contributed by atoms with van der Waals surface area (Å²) in [6.45, 7) is 0. The van der Waals surface area contributed by atoms with Crippen LogP contribution in [0.3, 0.4) is 0 Å². The SMILES string of the molecule is CNC1CCC(NS(=O)(=O)c2cc(Br)sc2Br)CC1. The van der Waals surface area contributed by atoms with Crippen molar-refractivity contribution in [2.75, 3.05) is 7.05 Å². The minimum Gasteiger partial charge on any atom is -0.317 e. The Labute approximate surface area is 134 Å². The van der Waals surface area contributed by atoms with E-state index in [1.165, 1.54) is 11.3 Å². The van der Waals surface area contributed by atoms with E-state index in [2.05, 4.69) is 41.9 Å². The summed E-state index contributed by atoms with van der Waals surface area (Å²) in [5.74, 6) is 0. The van der Waals surface area contributed by atoms with E-state index in [0.29, 0.717) is 14.7 Å². The monoisotopic (exact) mass is 430 g/mol. The third-order valence-electron chi connectivity index (χ3n) is 3.37. The van der Waals surface area contributed by atoms with Crippen molar-refractivity contribution in [3.05, 3.63) is 13.6 Å². The van der Waals surface area contributed by atoms with Gasteiger partial charge < -0.3 is 5.32 Å². The molecule has 8 heteroatoms. The molecule has 0 bridgehead atoms. The van der Waals surface area contributed by atoms with Gasteiger partial charge in [0.1, 0.15) is 4.90 Å². The van der Waals surface area contributed by atoms with Crippen molar-refractivity contribution in [1.29, 1.82) is 0 Å². The second kappa shape index (κ2) is 6.53. The maximum Gasteiger partial charge on any atom is 0.242 e. The zero-order valence-corrected chi connectivity index (χ0v) is 15.3. The molecule has 1 aliphatic carbocycles. The number of rotatable bonds is 4. The van der Waals surface area contributed by atoms with Crippen molar-refractivity contribution >= 4 is 53.2 Å². The topological polar surface area (TPSA) is 58.2 Å². The zero-order chi connectivity index (χ0) is 14.0. The van der Waals surface area contributed by atoms with Crippen molar-refractivity contribution in [3.63, 3.8) is 0 Å². The third-order valence-corrected chi connectivity index (χ3v) is 7.65. The van der Waals surface area contributed by atoms with Crippen molar-refractivity contribution in [1.82, 2.24) is 10.0 Å². The molecule has 1 aromatic rings. The van der Waals surface area contributed by atoms with E-state index in [0.717, 1.165) is 29.5 Å². The Kier molecular flexibility index (Phi) is 5.47. The molecule has 1 aromatic heterocycles. The molecule has 2 N–H and O–H groups in total. The van der Waals surface area contributed by atoms with Crippen LogP contribution in [-0.2, 0) is 10.0 Å². The minimum absolute atomic E-state index is 0.0418. The predicted octanol–water partition coefficient (Wildman–Crippen LogP) is 3.08. The summed E-state index contributed by atoms with van der Waals surface area (Å²) in [4.78, 5) is 0.320. The molecule has 0 spiro atoms. The molecular weight excluding hydrogens is 416 g/mol. The third kappa shape index (κ3) is 4.01. The Morgan fingerprint density at radius 1 is 1.21 bits per heavy atom. The van der Waals surface area contributed by atoms with Gasteiger partial charge in [-0.25, -0.2) is 13.1 Å². The fourth-order valence-corrected chi connectivity index (χ4v) is 7.41. The summed E-state index contributed by atoms with van der Waals surface area (Å²) in [7, 11) is -1.48. The first kappa shape index (κ1) is 15.9. The van der Waals surface area contributed by atoms with Gasteiger partial charge in [-0.1, -0.05) is 0 Å². The second-order valence-corrected chi connectivity index (χ2v) is 10.1. The first-order valence-electron chi connectivity index (χ1n) is 6.07. The molecule has 0 aliphatic heterocycles. The molecule has 1 fully saturated rings. The molecule has 2 rings (SSSR count). The summed E-state index contributed by atoms with van der Waals surface area (Å²) in [6.07, 6.45) is 3.79. The molecular formula is C11H16Br2N2O2S2. The van der Waals surface area contributed by atoms with Gasteiger partial charge in [0.05, 0.1) is 7.57 Å². The highest BCUT2D eigenvalue weighted by molar-refractivity contribution is 9.12. The van der Waals surface area contributed by atoms with Crippen LogP contribution >= 0.6 is 43.2 Å². The van der Waals surface area contributed by atoms with Crippen LogP contribution in [-0.4, -0.2) is 27.5 Å². The quantitative estimate of drug-likeness (QED) is 0.769. The van der Waals surface area contributed by atoms with Gasteiger partial charge in [0, 0.05) is 12.1 Å². The van der Waals surface area contributed by atoms with E-state index in [-0.39, 0.29) is 6.04 Å². The highest BCUT2D eigenvalue weighted by Crippen LogP contribution is 2.35. The fraction of sp³-hybridized carbons (Fsp3) is 0.636. The van der Waals surface area contributed by atoms with Gasteiger partial charge in [-0.3, -0.25) is 0 Å². The van der Waals surface area contributed by atoms with Crippen molar-refractivity contribution in [2.45, 2.75) is 42.7 Å². The van der Waals surface area contributed by atoms with Crippen LogP contribution < -0.4 is 10.0 Å². The summed E-state index contributed by atoms with van der Waals surface area (Å²) < 4.78 is 28.9. The Balaban J connectivity index is 2.04. The normalized spacial score (nSPS) is 24.6. The predicted molar refractivity (Wildman–Crippen MR) is 85.1 cm³/mol. The Bertz CT molecular complexity index is 537. The first-order valence-corrected chi connectivity index (χ1v) is 9.95. The molecule has 0 saturated heterocycles. The maximum absolute atomic E-state index is 12.3. The summed E-state index contributed by atoms with van der Waals surface area (Å²) in [5, 5.41) is 3.24. The lowest BCUT2D eigenvalue weighted by molar-refractivity contribution is 0.343. The molecule has 108 valence electrons. The van der Waals surface area contributed by atoms with Crippen LogP contribution in [0.15, 0.2) is 18.5 Å². The molecule has 19 heavy (non-hydrogen) atoms. The van der Waals surface area contributed by atoms with E-state index in [4.69, 9.17) is 0 Å². The average molecular weight is 432 g/mol. The maximum atomic E-state index is 12.3. The smallest absolute Gasteiger partial charge is 0.242 e. The molecule has 0 aromatic carbocycles. The Hall–Kier alpha value is 0.530. The number of hydrogen-bond donors (Lipinski definition) is 2. The van der Waals surface area contributed by atoms with Crippen molar-refractivity contribution in [3.8, 4) is 0 Å². The number of thiophene rings is 1. The number of nitrogens with one attached hydrogen (secondary N) is 2. The lowest BCUT2D eigenvalue weighted by atomic mass is 9.92.